The van der Waals surface area contributed by atoms with E-state index in [0.29, 0.717) is 18.1 Å². The van der Waals surface area contributed by atoms with Gasteiger partial charge in [0.05, 0.1) is 6.26 Å². The van der Waals surface area contributed by atoms with Crippen molar-refractivity contribution < 1.29 is 13.9 Å². The maximum absolute atomic E-state index is 12.1. The second kappa shape index (κ2) is 11.1. The maximum Gasteiger partial charge on any atom is 0.199 e. The largest absolute Gasteiger partial charge is 0.461 e. The Labute approximate surface area is 184 Å². The molecule has 0 atom stereocenters. The van der Waals surface area contributed by atoms with E-state index in [-0.39, 0.29) is 11.9 Å². The number of nitrogens with zero attached hydrogens (tertiary/aromatic N) is 1. The van der Waals surface area contributed by atoms with Gasteiger partial charge in [-0.25, -0.2) is 0 Å². The summed E-state index contributed by atoms with van der Waals surface area (Å²) >= 11 is 0. The fraction of sp³-hybridized carbons (Fsp3) is 0.370. The molecule has 0 N–H and O–H groups in total. The Bertz CT molecular complexity index is 861. The highest BCUT2D eigenvalue weighted by Gasteiger charge is 2.21. The summed E-state index contributed by atoms with van der Waals surface area (Å²) < 4.78 is 11.6. The van der Waals surface area contributed by atoms with Crippen LogP contribution in [0, 0.1) is 5.92 Å². The number of carbonyl (C=O) groups is 1. The van der Waals surface area contributed by atoms with E-state index in [0.717, 1.165) is 32.7 Å². The standard InChI is InChI=1S/C27H31NO3/c29-25(26-12-7-20-30-26)15-19-28-17-13-22(14-18-28)16-21-31-27(23-8-3-1-4-9-23)24-10-5-2-6-11-24/h1-12,20,22,27H,13-19,21H2. The minimum atomic E-state index is -0.0184. The molecule has 1 aromatic heterocycles. The van der Waals surface area contributed by atoms with Crippen molar-refractivity contribution in [1.29, 1.82) is 0 Å². The number of piperidine rings is 1. The van der Waals surface area contributed by atoms with Gasteiger partial charge in [0.1, 0.15) is 6.10 Å². The van der Waals surface area contributed by atoms with Gasteiger partial charge in [0.2, 0.25) is 0 Å². The van der Waals surface area contributed by atoms with Crippen molar-refractivity contribution in [2.24, 2.45) is 5.92 Å². The van der Waals surface area contributed by atoms with Crippen molar-refractivity contribution in [3.8, 4) is 0 Å². The normalized spacial score (nSPS) is 15.4. The molecule has 4 heteroatoms. The molecule has 1 aliphatic rings. The molecular formula is C27H31NO3. The van der Waals surface area contributed by atoms with Gasteiger partial charge in [-0.15, -0.1) is 0 Å². The molecule has 0 bridgehead atoms. The molecule has 162 valence electrons. The summed E-state index contributed by atoms with van der Waals surface area (Å²) in [6, 6.07) is 24.4. The van der Waals surface area contributed by atoms with Crippen LogP contribution >= 0.6 is 0 Å². The lowest BCUT2D eigenvalue weighted by atomic mass is 9.93. The first-order chi connectivity index (χ1) is 15.3. The third kappa shape index (κ3) is 6.16. The average Bonchev–Trinajstić information content (AvgIpc) is 3.37. The van der Waals surface area contributed by atoms with E-state index in [4.69, 9.17) is 9.15 Å². The van der Waals surface area contributed by atoms with Crippen molar-refractivity contribution in [2.45, 2.75) is 31.8 Å². The van der Waals surface area contributed by atoms with Gasteiger partial charge < -0.3 is 14.1 Å². The zero-order valence-electron chi connectivity index (χ0n) is 18.0. The molecule has 0 saturated carbocycles. The van der Waals surface area contributed by atoms with Crippen molar-refractivity contribution >= 4 is 5.78 Å². The Balaban J connectivity index is 1.21. The summed E-state index contributed by atoms with van der Waals surface area (Å²) in [5, 5.41) is 0. The van der Waals surface area contributed by atoms with Crippen LogP contribution < -0.4 is 0 Å². The van der Waals surface area contributed by atoms with Crippen LogP contribution in [0.4, 0.5) is 0 Å². The van der Waals surface area contributed by atoms with E-state index in [9.17, 15) is 4.79 Å². The molecule has 0 spiro atoms. The van der Waals surface area contributed by atoms with Crippen LogP contribution in [-0.2, 0) is 4.74 Å². The van der Waals surface area contributed by atoms with Gasteiger partial charge in [0.15, 0.2) is 11.5 Å². The van der Waals surface area contributed by atoms with Crippen molar-refractivity contribution in [3.63, 3.8) is 0 Å². The molecule has 31 heavy (non-hydrogen) atoms. The highest BCUT2D eigenvalue weighted by molar-refractivity contribution is 5.93. The van der Waals surface area contributed by atoms with Crippen LogP contribution in [0.5, 0.6) is 0 Å². The Hall–Kier alpha value is -2.69. The van der Waals surface area contributed by atoms with Gasteiger partial charge in [-0.3, -0.25) is 4.79 Å². The molecule has 2 heterocycles. The molecule has 2 aromatic carbocycles. The first kappa shape index (κ1) is 21.5. The quantitative estimate of drug-likeness (QED) is 0.393. The fourth-order valence-corrected chi connectivity index (χ4v) is 4.31. The van der Waals surface area contributed by atoms with Crippen molar-refractivity contribution in [1.82, 2.24) is 4.90 Å². The minimum absolute atomic E-state index is 0.0184. The average molecular weight is 418 g/mol. The number of Topliss-reactive ketones (excluding diaryl/α,β-unsaturated/α-hetero) is 1. The van der Waals surface area contributed by atoms with Gasteiger partial charge >= 0.3 is 0 Å². The summed E-state index contributed by atoms with van der Waals surface area (Å²) in [5.74, 6) is 1.25. The zero-order valence-corrected chi connectivity index (χ0v) is 18.0. The highest BCUT2D eigenvalue weighted by atomic mass is 16.5. The summed E-state index contributed by atoms with van der Waals surface area (Å²) in [5.41, 5.74) is 2.40. The molecule has 0 unspecified atom stereocenters. The van der Waals surface area contributed by atoms with Gasteiger partial charge in [-0.1, -0.05) is 60.7 Å². The smallest absolute Gasteiger partial charge is 0.199 e. The Morgan fingerprint density at radius 3 is 2.16 bits per heavy atom. The minimum Gasteiger partial charge on any atom is -0.461 e. The molecular weight excluding hydrogens is 386 g/mol. The van der Waals surface area contributed by atoms with Crippen LogP contribution in [-0.4, -0.2) is 36.9 Å². The van der Waals surface area contributed by atoms with Crippen LogP contribution in [0.2, 0.25) is 0 Å². The lowest BCUT2D eigenvalue weighted by Crippen LogP contribution is -2.35. The predicted octanol–water partition coefficient (Wildman–Crippen LogP) is 5.76. The zero-order chi connectivity index (χ0) is 21.3. The molecule has 1 fully saturated rings. The molecule has 0 radical (unpaired) electrons. The number of carbonyl (C=O) groups excluding carboxylic acids is 1. The Morgan fingerprint density at radius 2 is 1.58 bits per heavy atom. The van der Waals surface area contributed by atoms with Crippen LogP contribution in [0.3, 0.4) is 0 Å². The number of hydrogen-bond acceptors (Lipinski definition) is 4. The molecule has 3 aromatic rings. The number of ketones is 1. The number of furan rings is 1. The molecule has 4 nitrogen and oxygen atoms in total. The summed E-state index contributed by atoms with van der Waals surface area (Å²) in [6.45, 7) is 3.68. The van der Waals surface area contributed by atoms with Crippen LogP contribution in [0.25, 0.3) is 0 Å². The predicted molar refractivity (Wildman–Crippen MR) is 122 cm³/mol. The summed E-state index contributed by atoms with van der Waals surface area (Å²) in [7, 11) is 0. The number of likely N-dealkylation sites (tertiary alicyclic amines) is 1. The number of benzene rings is 2. The molecule has 4 rings (SSSR count). The molecule has 0 amide bonds. The van der Waals surface area contributed by atoms with E-state index in [1.165, 1.54) is 24.0 Å². The molecule has 1 saturated heterocycles. The Kier molecular flexibility index (Phi) is 7.70. The molecule has 0 aliphatic carbocycles. The third-order valence-corrected chi connectivity index (χ3v) is 6.17. The molecule has 1 aliphatic heterocycles. The van der Waals surface area contributed by atoms with Crippen LogP contribution in [0.15, 0.2) is 83.5 Å². The van der Waals surface area contributed by atoms with Crippen molar-refractivity contribution in [2.75, 3.05) is 26.2 Å². The lowest BCUT2D eigenvalue weighted by molar-refractivity contribution is 0.0598. The first-order valence-electron chi connectivity index (χ1n) is 11.3. The van der Waals surface area contributed by atoms with Gasteiger partial charge in [-0.2, -0.15) is 0 Å². The maximum atomic E-state index is 12.1. The number of rotatable bonds is 10. The van der Waals surface area contributed by atoms with Gasteiger partial charge in [0, 0.05) is 19.6 Å². The number of hydrogen-bond donors (Lipinski definition) is 0. The Morgan fingerprint density at radius 1 is 0.935 bits per heavy atom. The van der Waals surface area contributed by atoms with E-state index in [1.807, 2.05) is 12.1 Å². The lowest BCUT2D eigenvalue weighted by Gasteiger charge is -2.32. The topological polar surface area (TPSA) is 42.7 Å². The van der Waals surface area contributed by atoms with Gasteiger partial charge in [0.25, 0.3) is 0 Å². The fourth-order valence-electron chi connectivity index (χ4n) is 4.31. The van der Waals surface area contributed by atoms with Gasteiger partial charge in [-0.05, 0) is 61.5 Å². The van der Waals surface area contributed by atoms with Crippen molar-refractivity contribution in [3.05, 3.63) is 95.9 Å². The SMILES string of the molecule is O=C(CCN1CCC(CCOC(c2ccccc2)c2ccccc2)CC1)c1ccco1. The first-order valence-corrected chi connectivity index (χ1v) is 11.3. The van der Waals surface area contributed by atoms with Crippen LogP contribution in [0.1, 0.15) is 53.5 Å². The second-order valence-corrected chi connectivity index (χ2v) is 8.30. The van der Waals surface area contributed by atoms with E-state index >= 15 is 0 Å². The second-order valence-electron chi connectivity index (χ2n) is 8.30. The summed E-state index contributed by atoms with van der Waals surface area (Å²) in [6.07, 6.45) is 5.47. The summed E-state index contributed by atoms with van der Waals surface area (Å²) in [4.78, 5) is 14.5. The number of ether oxygens (including phenoxy) is 1. The highest BCUT2D eigenvalue weighted by Crippen LogP contribution is 2.28. The van der Waals surface area contributed by atoms with E-state index < -0.39 is 0 Å². The van der Waals surface area contributed by atoms with E-state index in [2.05, 4.69) is 53.4 Å². The third-order valence-electron chi connectivity index (χ3n) is 6.17. The van der Waals surface area contributed by atoms with E-state index in [1.54, 1.807) is 18.4 Å². The monoisotopic (exact) mass is 417 g/mol.